The van der Waals surface area contributed by atoms with Crippen molar-refractivity contribution in [3.63, 3.8) is 0 Å². The van der Waals surface area contributed by atoms with Crippen molar-refractivity contribution in [2.24, 2.45) is 0 Å². The molecule has 0 unspecified atom stereocenters. The molecule has 3 heteroatoms. The molecule has 8 aromatic rings. The van der Waals surface area contributed by atoms with Gasteiger partial charge in [0.2, 0.25) is 0 Å². The van der Waals surface area contributed by atoms with E-state index < -0.39 is 0 Å². The lowest BCUT2D eigenvalue weighted by atomic mass is 10.0. The van der Waals surface area contributed by atoms with Gasteiger partial charge in [-0.2, -0.15) is 0 Å². The molecule has 0 radical (unpaired) electrons. The number of hydrogen-bond acceptors (Lipinski definition) is 3. The van der Waals surface area contributed by atoms with E-state index in [4.69, 9.17) is 9.40 Å². The predicted molar refractivity (Wildman–Crippen MR) is 175 cm³/mol. The number of fused-ring (bicyclic) bond motifs is 5. The van der Waals surface area contributed by atoms with Crippen LogP contribution in [0.4, 0.5) is 17.1 Å². The van der Waals surface area contributed by atoms with E-state index in [2.05, 4.69) is 144 Å². The normalized spacial score (nSPS) is 11.3. The molecule has 0 saturated carbocycles. The van der Waals surface area contributed by atoms with E-state index in [1.54, 1.807) is 0 Å². The fourth-order valence-corrected chi connectivity index (χ4v) is 5.89. The average Bonchev–Trinajstić information content (AvgIpc) is 3.45. The van der Waals surface area contributed by atoms with Gasteiger partial charge in [0.25, 0.3) is 0 Å². The molecule has 2 heterocycles. The predicted octanol–water partition coefficient (Wildman–Crippen LogP) is 10.9. The summed E-state index contributed by atoms with van der Waals surface area (Å²) in [6.45, 7) is 0. The summed E-state index contributed by atoms with van der Waals surface area (Å²) in [5.74, 6) is 0. The Morgan fingerprint density at radius 1 is 0.452 bits per heavy atom. The highest BCUT2D eigenvalue weighted by Crippen LogP contribution is 2.41. The van der Waals surface area contributed by atoms with Crippen LogP contribution >= 0.6 is 0 Å². The Balaban J connectivity index is 1.33. The zero-order valence-corrected chi connectivity index (χ0v) is 22.8. The van der Waals surface area contributed by atoms with Crippen molar-refractivity contribution in [1.82, 2.24) is 4.98 Å². The molecule has 198 valence electrons. The van der Waals surface area contributed by atoms with Crippen LogP contribution in [0.3, 0.4) is 0 Å². The van der Waals surface area contributed by atoms with Crippen molar-refractivity contribution in [3.8, 4) is 22.3 Å². The van der Waals surface area contributed by atoms with Gasteiger partial charge in [0.15, 0.2) is 0 Å². The Morgan fingerprint density at radius 2 is 1.07 bits per heavy atom. The molecular weight excluding hydrogens is 512 g/mol. The second kappa shape index (κ2) is 10.1. The topological polar surface area (TPSA) is 29.3 Å². The van der Waals surface area contributed by atoms with E-state index in [0.29, 0.717) is 0 Å². The molecule has 0 fully saturated rings. The summed E-state index contributed by atoms with van der Waals surface area (Å²) < 4.78 is 6.44. The largest absolute Gasteiger partial charge is 0.456 e. The van der Waals surface area contributed by atoms with Crippen molar-refractivity contribution in [2.45, 2.75) is 0 Å². The first kappa shape index (κ1) is 24.2. The maximum absolute atomic E-state index is 6.44. The van der Waals surface area contributed by atoms with Crippen molar-refractivity contribution in [3.05, 3.63) is 158 Å². The Hall–Kier alpha value is -5.67. The summed E-state index contributed by atoms with van der Waals surface area (Å²) in [5.41, 5.74) is 10.5. The molecular formula is C39H26N2O. The van der Waals surface area contributed by atoms with Crippen molar-refractivity contribution in [1.29, 1.82) is 0 Å². The molecule has 0 aliphatic carbocycles. The molecule has 8 rings (SSSR count). The number of furan rings is 1. The summed E-state index contributed by atoms with van der Waals surface area (Å²) in [7, 11) is 0. The van der Waals surface area contributed by atoms with Crippen LogP contribution in [0.25, 0.3) is 55.1 Å². The van der Waals surface area contributed by atoms with Gasteiger partial charge in [0.1, 0.15) is 11.2 Å². The zero-order chi connectivity index (χ0) is 27.9. The van der Waals surface area contributed by atoms with Gasteiger partial charge in [0, 0.05) is 40.1 Å². The molecule has 0 saturated heterocycles. The van der Waals surface area contributed by atoms with Gasteiger partial charge in [-0.3, -0.25) is 4.98 Å². The highest BCUT2D eigenvalue weighted by molar-refractivity contribution is 6.17. The average molecular weight is 539 g/mol. The number of pyridine rings is 1. The van der Waals surface area contributed by atoms with Gasteiger partial charge < -0.3 is 9.32 Å². The van der Waals surface area contributed by atoms with Crippen LogP contribution in [0, 0.1) is 0 Å². The molecule has 2 aromatic heterocycles. The Kier molecular flexibility index (Phi) is 5.79. The maximum Gasteiger partial charge on any atom is 0.137 e. The van der Waals surface area contributed by atoms with Crippen LogP contribution in [0.1, 0.15) is 0 Å². The number of rotatable bonds is 5. The monoisotopic (exact) mass is 538 g/mol. The fraction of sp³-hybridized carbons (Fsp3) is 0. The molecule has 6 aromatic carbocycles. The summed E-state index contributed by atoms with van der Waals surface area (Å²) in [5, 5.41) is 3.22. The van der Waals surface area contributed by atoms with Gasteiger partial charge in [0.05, 0.1) is 10.9 Å². The van der Waals surface area contributed by atoms with E-state index in [-0.39, 0.29) is 0 Å². The zero-order valence-electron chi connectivity index (χ0n) is 22.8. The molecule has 0 aliphatic heterocycles. The van der Waals surface area contributed by atoms with Crippen molar-refractivity contribution >= 4 is 49.9 Å². The first-order valence-electron chi connectivity index (χ1n) is 14.1. The number of nitrogens with zero attached hydrogens (tertiary/aromatic N) is 2. The van der Waals surface area contributed by atoms with Gasteiger partial charge in [-0.15, -0.1) is 0 Å². The lowest BCUT2D eigenvalue weighted by Crippen LogP contribution is -2.10. The van der Waals surface area contributed by atoms with Gasteiger partial charge >= 0.3 is 0 Å². The molecule has 0 spiro atoms. The summed E-state index contributed by atoms with van der Waals surface area (Å²) in [4.78, 5) is 7.00. The lowest BCUT2D eigenvalue weighted by molar-refractivity contribution is 0.669. The minimum absolute atomic E-state index is 0.837. The molecule has 0 aliphatic rings. The van der Waals surface area contributed by atoms with Gasteiger partial charge in [-0.05, 0) is 76.9 Å². The lowest BCUT2D eigenvalue weighted by Gasteiger charge is -2.26. The molecule has 0 atom stereocenters. The summed E-state index contributed by atoms with van der Waals surface area (Å²) in [6, 6.07) is 53.1. The van der Waals surface area contributed by atoms with Crippen molar-refractivity contribution in [2.75, 3.05) is 4.90 Å². The van der Waals surface area contributed by atoms with Crippen LogP contribution in [0.2, 0.25) is 0 Å². The van der Waals surface area contributed by atoms with Crippen LogP contribution in [0.5, 0.6) is 0 Å². The number of aromatic nitrogens is 1. The van der Waals surface area contributed by atoms with Crippen LogP contribution in [-0.2, 0) is 0 Å². The molecule has 3 nitrogen and oxygen atoms in total. The van der Waals surface area contributed by atoms with E-state index in [0.717, 1.165) is 49.9 Å². The Morgan fingerprint density at radius 3 is 1.74 bits per heavy atom. The maximum atomic E-state index is 6.44. The highest BCUT2D eigenvalue weighted by Gasteiger charge is 2.18. The first-order chi connectivity index (χ1) is 20.8. The number of hydrogen-bond donors (Lipinski definition) is 0. The number of benzene rings is 6. The van der Waals surface area contributed by atoms with E-state index in [9.17, 15) is 0 Å². The fourth-order valence-electron chi connectivity index (χ4n) is 5.89. The smallest absolute Gasteiger partial charge is 0.137 e. The molecule has 0 amide bonds. The molecule has 42 heavy (non-hydrogen) atoms. The third-order valence-electron chi connectivity index (χ3n) is 7.87. The third kappa shape index (κ3) is 4.20. The quantitative estimate of drug-likeness (QED) is 0.218. The van der Waals surface area contributed by atoms with Crippen LogP contribution in [-0.4, -0.2) is 4.98 Å². The van der Waals surface area contributed by atoms with E-state index in [1.807, 2.05) is 18.3 Å². The minimum Gasteiger partial charge on any atom is -0.456 e. The van der Waals surface area contributed by atoms with Gasteiger partial charge in [-0.1, -0.05) is 91.0 Å². The van der Waals surface area contributed by atoms with Crippen LogP contribution in [0.15, 0.2) is 162 Å². The standard InChI is InChI=1S/C39H26N2O/c1-3-10-27(11-4-1)30-14-7-17-32(24-30)41(33-18-8-15-31(25-33)28-12-5-2-6-13-28)34-20-21-35-37(26-34)42-36-22-19-29-16-9-23-40-39(29)38(35)36/h1-26H. The molecule has 0 bridgehead atoms. The Labute approximate surface area is 243 Å². The van der Waals surface area contributed by atoms with Crippen LogP contribution < -0.4 is 4.90 Å². The number of anilines is 3. The van der Waals surface area contributed by atoms with E-state index >= 15 is 0 Å². The third-order valence-corrected chi connectivity index (χ3v) is 7.87. The summed E-state index contributed by atoms with van der Waals surface area (Å²) >= 11 is 0. The second-order valence-electron chi connectivity index (χ2n) is 10.5. The Bertz CT molecular complexity index is 2120. The highest BCUT2D eigenvalue weighted by atomic mass is 16.3. The first-order valence-corrected chi connectivity index (χ1v) is 14.1. The minimum atomic E-state index is 0.837. The van der Waals surface area contributed by atoms with Crippen molar-refractivity contribution < 1.29 is 4.42 Å². The van der Waals surface area contributed by atoms with Gasteiger partial charge in [-0.25, -0.2) is 0 Å². The second-order valence-corrected chi connectivity index (χ2v) is 10.5. The SMILES string of the molecule is c1ccc(-c2cccc(N(c3cccc(-c4ccccc4)c3)c3ccc4c(c3)oc3ccc5cccnc5c34)c2)cc1. The summed E-state index contributed by atoms with van der Waals surface area (Å²) in [6.07, 6.45) is 1.84. The van der Waals surface area contributed by atoms with E-state index in [1.165, 1.54) is 22.3 Å². The molecule has 0 N–H and O–H groups in total.